The first kappa shape index (κ1) is 11.5. The molecule has 0 aromatic carbocycles. The highest BCUT2D eigenvalue weighted by Gasteiger charge is 2.31. The highest BCUT2D eigenvalue weighted by atomic mass is 16.5. The van der Waals surface area contributed by atoms with Gasteiger partial charge in [0, 0.05) is 0 Å². The van der Waals surface area contributed by atoms with Gasteiger partial charge in [0.2, 0.25) is 5.89 Å². The van der Waals surface area contributed by atoms with Crippen molar-refractivity contribution in [3.63, 3.8) is 0 Å². The molecule has 2 heterocycles. The van der Waals surface area contributed by atoms with Crippen LogP contribution in [0.25, 0.3) is 0 Å². The highest BCUT2D eigenvalue weighted by Crippen LogP contribution is 2.14. The van der Waals surface area contributed by atoms with E-state index in [1.54, 1.807) is 13.8 Å². The van der Waals surface area contributed by atoms with E-state index in [0.29, 0.717) is 5.82 Å². The van der Waals surface area contributed by atoms with E-state index < -0.39 is 11.6 Å². The first-order valence-electron chi connectivity index (χ1n) is 5.08. The van der Waals surface area contributed by atoms with Gasteiger partial charge in [-0.3, -0.25) is 9.69 Å². The van der Waals surface area contributed by atoms with Crippen molar-refractivity contribution in [3.05, 3.63) is 11.7 Å². The van der Waals surface area contributed by atoms with E-state index in [0.717, 1.165) is 4.90 Å². The van der Waals surface area contributed by atoms with E-state index in [-0.39, 0.29) is 24.9 Å². The molecule has 0 saturated carbocycles. The lowest BCUT2D eigenvalue weighted by molar-refractivity contribution is -0.125. The van der Waals surface area contributed by atoms with Crippen LogP contribution in [0.1, 0.15) is 25.6 Å². The van der Waals surface area contributed by atoms with Crippen molar-refractivity contribution in [2.75, 3.05) is 6.54 Å². The third-order valence-electron chi connectivity index (χ3n) is 2.27. The van der Waals surface area contributed by atoms with Gasteiger partial charge in [-0.25, -0.2) is 4.79 Å². The summed E-state index contributed by atoms with van der Waals surface area (Å²) in [6, 6.07) is -0.457. The first-order valence-corrected chi connectivity index (χ1v) is 5.08. The molecule has 17 heavy (non-hydrogen) atoms. The van der Waals surface area contributed by atoms with Crippen LogP contribution in [0.2, 0.25) is 0 Å². The Hall–Kier alpha value is -1.96. The molecule has 1 aromatic rings. The number of aromatic nitrogens is 2. The molecule has 0 unspecified atom stereocenters. The number of urea groups is 1. The summed E-state index contributed by atoms with van der Waals surface area (Å²) >= 11 is 0. The van der Waals surface area contributed by atoms with Gasteiger partial charge < -0.3 is 15.6 Å². The van der Waals surface area contributed by atoms with Crippen LogP contribution in [-0.2, 0) is 16.9 Å². The summed E-state index contributed by atoms with van der Waals surface area (Å²) in [6.07, 6.45) is 0. The van der Waals surface area contributed by atoms with Crippen LogP contribution in [0.15, 0.2) is 4.52 Å². The molecule has 8 heteroatoms. The first-order chi connectivity index (χ1) is 7.88. The molecule has 92 valence electrons. The Labute approximate surface area is 97.1 Å². The summed E-state index contributed by atoms with van der Waals surface area (Å²) in [6.45, 7) is 3.43. The Morgan fingerprint density at radius 1 is 1.53 bits per heavy atom. The summed E-state index contributed by atoms with van der Waals surface area (Å²) in [4.78, 5) is 27.6. The van der Waals surface area contributed by atoms with Gasteiger partial charge in [0.05, 0.1) is 12.1 Å². The van der Waals surface area contributed by atoms with Gasteiger partial charge in [0.1, 0.15) is 6.54 Å². The van der Waals surface area contributed by atoms with Gasteiger partial charge in [-0.15, -0.1) is 0 Å². The third-order valence-corrected chi connectivity index (χ3v) is 2.27. The third kappa shape index (κ3) is 2.26. The molecular weight excluding hydrogens is 226 g/mol. The summed E-state index contributed by atoms with van der Waals surface area (Å²) in [5, 5.41) is 6.10. The van der Waals surface area contributed by atoms with Crippen molar-refractivity contribution in [1.82, 2.24) is 20.4 Å². The number of amides is 3. The number of nitrogens with one attached hydrogen (secondary N) is 1. The topological polar surface area (TPSA) is 114 Å². The van der Waals surface area contributed by atoms with Crippen molar-refractivity contribution >= 4 is 11.9 Å². The lowest BCUT2D eigenvalue weighted by atomic mass is 10.1. The maximum atomic E-state index is 11.3. The quantitative estimate of drug-likeness (QED) is 0.675. The fourth-order valence-electron chi connectivity index (χ4n) is 1.33. The number of hydrogen-bond acceptors (Lipinski definition) is 6. The minimum atomic E-state index is -0.723. The average molecular weight is 239 g/mol. The molecule has 3 amide bonds. The molecule has 0 radical (unpaired) electrons. The number of carbonyl (C=O) groups is 2. The second-order valence-corrected chi connectivity index (χ2v) is 4.37. The lowest BCUT2D eigenvalue weighted by Crippen LogP contribution is -2.31. The molecule has 0 aliphatic carbocycles. The lowest BCUT2D eigenvalue weighted by Gasteiger charge is -2.11. The zero-order valence-electron chi connectivity index (χ0n) is 9.56. The minimum absolute atomic E-state index is 0.00219. The maximum absolute atomic E-state index is 11.3. The number of nitrogens with zero attached hydrogens (tertiary/aromatic N) is 3. The largest absolute Gasteiger partial charge is 0.337 e. The van der Waals surface area contributed by atoms with Crippen LogP contribution < -0.4 is 11.1 Å². The van der Waals surface area contributed by atoms with Gasteiger partial charge in [0.15, 0.2) is 5.82 Å². The Bertz CT molecular complexity index is 445. The molecule has 3 N–H and O–H groups in total. The van der Waals surface area contributed by atoms with Crippen LogP contribution in [-0.4, -0.2) is 33.5 Å². The summed E-state index contributed by atoms with van der Waals surface area (Å²) < 4.78 is 4.93. The number of hydrogen-bond donors (Lipinski definition) is 2. The molecule has 1 saturated heterocycles. The highest BCUT2D eigenvalue weighted by molar-refractivity contribution is 6.01. The fraction of sp³-hybridized carbons (Fsp3) is 0.556. The van der Waals surface area contributed by atoms with E-state index in [9.17, 15) is 9.59 Å². The molecule has 1 fully saturated rings. The standard InChI is InChI=1S/C9H13N5O3/c1-9(2,10)7-12-5(17-13-7)4-14-6(15)3-11-8(14)16/h3-4,10H2,1-2H3,(H,11,16). The van der Waals surface area contributed by atoms with Gasteiger partial charge in [-0.1, -0.05) is 5.16 Å². The Balaban J connectivity index is 2.12. The maximum Gasteiger partial charge on any atom is 0.325 e. The van der Waals surface area contributed by atoms with Crippen molar-refractivity contribution in [2.24, 2.45) is 5.73 Å². The summed E-state index contributed by atoms with van der Waals surface area (Å²) in [7, 11) is 0. The van der Waals surface area contributed by atoms with Gasteiger partial charge in [0.25, 0.3) is 5.91 Å². The molecule has 1 aliphatic rings. The molecule has 1 aromatic heterocycles. The monoisotopic (exact) mass is 239 g/mol. The average Bonchev–Trinajstić information content (AvgIpc) is 2.79. The fourth-order valence-corrected chi connectivity index (χ4v) is 1.33. The van der Waals surface area contributed by atoms with E-state index >= 15 is 0 Å². The van der Waals surface area contributed by atoms with E-state index in [1.165, 1.54) is 0 Å². The second kappa shape index (κ2) is 3.81. The summed E-state index contributed by atoms with van der Waals surface area (Å²) in [5.74, 6) is 0.199. The summed E-state index contributed by atoms with van der Waals surface area (Å²) in [5.41, 5.74) is 5.06. The van der Waals surface area contributed by atoms with Crippen LogP contribution in [0.5, 0.6) is 0 Å². The van der Waals surface area contributed by atoms with Gasteiger partial charge >= 0.3 is 6.03 Å². The Kier molecular flexibility index (Phi) is 2.58. The van der Waals surface area contributed by atoms with Crippen LogP contribution in [0, 0.1) is 0 Å². The van der Waals surface area contributed by atoms with Gasteiger partial charge in [-0.05, 0) is 13.8 Å². The molecule has 0 bridgehead atoms. The SMILES string of the molecule is CC(C)(N)c1noc(CN2C(=O)CNC2=O)n1. The van der Waals surface area contributed by atoms with Crippen molar-refractivity contribution < 1.29 is 14.1 Å². The zero-order valence-corrected chi connectivity index (χ0v) is 9.56. The predicted molar refractivity (Wildman–Crippen MR) is 55.5 cm³/mol. The van der Waals surface area contributed by atoms with Crippen LogP contribution >= 0.6 is 0 Å². The van der Waals surface area contributed by atoms with Crippen molar-refractivity contribution in [1.29, 1.82) is 0 Å². The van der Waals surface area contributed by atoms with Crippen molar-refractivity contribution in [3.8, 4) is 0 Å². The number of rotatable bonds is 3. The van der Waals surface area contributed by atoms with E-state index in [4.69, 9.17) is 10.3 Å². The van der Waals surface area contributed by atoms with Gasteiger partial charge in [-0.2, -0.15) is 4.98 Å². The van der Waals surface area contributed by atoms with E-state index in [2.05, 4.69) is 15.5 Å². The number of carbonyl (C=O) groups excluding carboxylic acids is 2. The molecule has 2 rings (SSSR count). The number of imide groups is 1. The number of nitrogens with two attached hydrogens (primary N) is 1. The Morgan fingerprint density at radius 3 is 2.71 bits per heavy atom. The predicted octanol–water partition coefficient (Wildman–Crippen LogP) is -0.685. The molecule has 0 spiro atoms. The van der Waals surface area contributed by atoms with Crippen LogP contribution in [0.3, 0.4) is 0 Å². The molecule has 0 atom stereocenters. The smallest absolute Gasteiger partial charge is 0.325 e. The molecule has 1 aliphatic heterocycles. The minimum Gasteiger partial charge on any atom is -0.337 e. The Morgan fingerprint density at radius 2 is 2.24 bits per heavy atom. The van der Waals surface area contributed by atoms with Crippen LogP contribution in [0.4, 0.5) is 4.79 Å². The van der Waals surface area contributed by atoms with E-state index in [1.807, 2.05) is 0 Å². The molecular formula is C9H13N5O3. The second-order valence-electron chi connectivity index (χ2n) is 4.37. The molecule has 8 nitrogen and oxygen atoms in total. The van der Waals surface area contributed by atoms with Crippen molar-refractivity contribution in [2.45, 2.75) is 25.9 Å². The normalized spacial score (nSPS) is 16.5. The zero-order chi connectivity index (χ0) is 12.6.